The SMILES string of the molecule is CN(C)c1cccc(OCC(=O)Nc2ccc(N)cc2)c1. The lowest BCUT2D eigenvalue weighted by Gasteiger charge is -2.14. The number of nitrogens with two attached hydrogens (primary N) is 1. The molecule has 5 heteroatoms. The van der Waals surface area contributed by atoms with Gasteiger partial charge in [0.2, 0.25) is 0 Å². The van der Waals surface area contributed by atoms with Crippen molar-refractivity contribution < 1.29 is 9.53 Å². The van der Waals surface area contributed by atoms with Crippen molar-refractivity contribution in [1.29, 1.82) is 0 Å². The zero-order valence-electron chi connectivity index (χ0n) is 12.2. The highest BCUT2D eigenvalue weighted by Gasteiger charge is 2.04. The van der Waals surface area contributed by atoms with Crippen LogP contribution in [-0.2, 0) is 4.79 Å². The number of nitrogens with zero attached hydrogens (tertiary/aromatic N) is 1. The molecule has 0 spiro atoms. The zero-order chi connectivity index (χ0) is 15.2. The van der Waals surface area contributed by atoms with Gasteiger partial charge in [0.15, 0.2) is 6.61 Å². The molecule has 0 heterocycles. The molecular weight excluding hydrogens is 266 g/mol. The maximum atomic E-state index is 11.8. The Hall–Kier alpha value is -2.69. The van der Waals surface area contributed by atoms with Crippen LogP contribution in [0.15, 0.2) is 48.5 Å². The van der Waals surface area contributed by atoms with E-state index in [0.29, 0.717) is 17.1 Å². The van der Waals surface area contributed by atoms with E-state index in [9.17, 15) is 4.79 Å². The van der Waals surface area contributed by atoms with Gasteiger partial charge in [-0.2, -0.15) is 0 Å². The smallest absolute Gasteiger partial charge is 0.262 e. The number of anilines is 3. The highest BCUT2D eigenvalue weighted by molar-refractivity contribution is 5.92. The lowest BCUT2D eigenvalue weighted by molar-refractivity contribution is -0.118. The van der Waals surface area contributed by atoms with E-state index in [0.717, 1.165) is 5.69 Å². The predicted molar refractivity (Wildman–Crippen MR) is 85.7 cm³/mol. The predicted octanol–water partition coefficient (Wildman–Crippen LogP) is 2.35. The van der Waals surface area contributed by atoms with Gasteiger partial charge >= 0.3 is 0 Å². The van der Waals surface area contributed by atoms with Crippen molar-refractivity contribution in [3.05, 3.63) is 48.5 Å². The first kappa shape index (κ1) is 14.7. The van der Waals surface area contributed by atoms with Crippen molar-refractivity contribution in [2.45, 2.75) is 0 Å². The summed E-state index contributed by atoms with van der Waals surface area (Å²) in [7, 11) is 3.90. The molecule has 0 bridgehead atoms. The summed E-state index contributed by atoms with van der Waals surface area (Å²) in [5.74, 6) is 0.448. The summed E-state index contributed by atoms with van der Waals surface area (Å²) in [6.45, 7) is -0.0404. The molecule has 1 amide bonds. The van der Waals surface area contributed by atoms with Crippen LogP contribution in [-0.4, -0.2) is 26.6 Å². The van der Waals surface area contributed by atoms with Crippen LogP contribution < -0.4 is 20.7 Å². The second-order valence-electron chi connectivity index (χ2n) is 4.85. The average Bonchev–Trinajstić information content (AvgIpc) is 2.48. The number of amides is 1. The van der Waals surface area contributed by atoms with Gasteiger partial charge in [-0.05, 0) is 36.4 Å². The molecule has 0 atom stereocenters. The maximum absolute atomic E-state index is 11.8. The second kappa shape index (κ2) is 6.65. The second-order valence-corrected chi connectivity index (χ2v) is 4.85. The minimum absolute atomic E-state index is 0.0404. The average molecular weight is 285 g/mol. The van der Waals surface area contributed by atoms with E-state index in [2.05, 4.69) is 5.32 Å². The molecule has 0 fully saturated rings. The normalized spacial score (nSPS) is 10.0. The third kappa shape index (κ3) is 4.42. The minimum atomic E-state index is -0.213. The third-order valence-electron chi connectivity index (χ3n) is 2.90. The van der Waals surface area contributed by atoms with Crippen molar-refractivity contribution in [1.82, 2.24) is 0 Å². The van der Waals surface area contributed by atoms with Crippen LogP contribution in [0.25, 0.3) is 0 Å². The van der Waals surface area contributed by atoms with E-state index in [1.165, 1.54) is 0 Å². The number of hydrogen-bond acceptors (Lipinski definition) is 4. The Morgan fingerprint density at radius 2 is 1.90 bits per heavy atom. The number of rotatable bonds is 5. The fourth-order valence-corrected chi connectivity index (χ4v) is 1.76. The molecule has 0 aliphatic carbocycles. The molecule has 0 unspecified atom stereocenters. The summed E-state index contributed by atoms with van der Waals surface area (Å²) in [6, 6.07) is 14.5. The van der Waals surface area contributed by atoms with E-state index in [-0.39, 0.29) is 12.5 Å². The number of carbonyl (C=O) groups is 1. The molecule has 2 aromatic carbocycles. The summed E-state index contributed by atoms with van der Waals surface area (Å²) in [4.78, 5) is 13.8. The van der Waals surface area contributed by atoms with E-state index in [1.54, 1.807) is 24.3 Å². The Bertz CT molecular complexity index is 609. The van der Waals surface area contributed by atoms with Gasteiger partial charge in [0.25, 0.3) is 5.91 Å². The lowest BCUT2D eigenvalue weighted by atomic mass is 10.3. The van der Waals surface area contributed by atoms with Gasteiger partial charge in [0.05, 0.1) is 0 Å². The van der Waals surface area contributed by atoms with Crippen LogP contribution >= 0.6 is 0 Å². The van der Waals surface area contributed by atoms with Gasteiger partial charge < -0.3 is 20.7 Å². The summed E-state index contributed by atoms with van der Waals surface area (Å²) >= 11 is 0. The molecule has 0 radical (unpaired) electrons. The van der Waals surface area contributed by atoms with Crippen LogP contribution in [0.3, 0.4) is 0 Å². The Labute approximate surface area is 124 Å². The summed E-state index contributed by atoms with van der Waals surface area (Å²) in [6.07, 6.45) is 0. The number of hydrogen-bond donors (Lipinski definition) is 2. The molecule has 3 N–H and O–H groups in total. The molecule has 2 rings (SSSR count). The fourth-order valence-electron chi connectivity index (χ4n) is 1.76. The van der Waals surface area contributed by atoms with Crippen LogP contribution in [0.1, 0.15) is 0 Å². The first-order valence-corrected chi connectivity index (χ1v) is 6.60. The number of nitrogens with one attached hydrogen (secondary N) is 1. The quantitative estimate of drug-likeness (QED) is 0.828. The van der Waals surface area contributed by atoms with Crippen LogP contribution in [0.2, 0.25) is 0 Å². The monoisotopic (exact) mass is 285 g/mol. The van der Waals surface area contributed by atoms with Crippen molar-refractivity contribution in [2.75, 3.05) is 36.7 Å². The van der Waals surface area contributed by atoms with Crippen molar-refractivity contribution in [2.24, 2.45) is 0 Å². The summed E-state index contributed by atoms with van der Waals surface area (Å²) in [5.41, 5.74) is 7.96. The minimum Gasteiger partial charge on any atom is -0.484 e. The van der Waals surface area contributed by atoms with Gasteiger partial charge in [-0.1, -0.05) is 6.07 Å². The highest BCUT2D eigenvalue weighted by atomic mass is 16.5. The lowest BCUT2D eigenvalue weighted by Crippen LogP contribution is -2.20. The Balaban J connectivity index is 1.89. The fraction of sp³-hybridized carbons (Fsp3) is 0.188. The highest BCUT2D eigenvalue weighted by Crippen LogP contribution is 2.19. The molecule has 110 valence electrons. The molecule has 2 aromatic rings. The Kier molecular flexibility index (Phi) is 4.66. The largest absolute Gasteiger partial charge is 0.484 e. The molecule has 0 saturated carbocycles. The van der Waals surface area contributed by atoms with Gasteiger partial charge in [-0.25, -0.2) is 0 Å². The number of nitrogen functional groups attached to an aromatic ring is 1. The first-order valence-electron chi connectivity index (χ1n) is 6.60. The van der Waals surface area contributed by atoms with Crippen LogP contribution in [0.5, 0.6) is 5.75 Å². The molecule has 0 saturated heterocycles. The van der Waals surface area contributed by atoms with E-state index in [4.69, 9.17) is 10.5 Å². The van der Waals surface area contributed by atoms with Crippen molar-refractivity contribution in [3.8, 4) is 5.75 Å². The topological polar surface area (TPSA) is 67.6 Å². The van der Waals surface area contributed by atoms with Gasteiger partial charge in [0, 0.05) is 37.2 Å². The number of carbonyl (C=O) groups excluding carboxylic acids is 1. The molecular formula is C16H19N3O2. The Morgan fingerprint density at radius 3 is 2.57 bits per heavy atom. The van der Waals surface area contributed by atoms with Crippen molar-refractivity contribution >= 4 is 23.0 Å². The number of benzene rings is 2. The van der Waals surface area contributed by atoms with Crippen LogP contribution in [0.4, 0.5) is 17.1 Å². The van der Waals surface area contributed by atoms with Gasteiger partial charge in [-0.15, -0.1) is 0 Å². The summed E-state index contributed by atoms with van der Waals surface area (Å²) in [5, 5.41) is 2.75. The molecule has 5 nitrogen and oxygen atoms in total. The van der Waals surface area contributed by atoms with E-state index < -0.39 is 0 Å². The molecule has 0 aliphatic heterocycles. The molecule has 21 heavy (non-hydrogen) atoms. The molecule has 0 aliphatic rings. The standard InChI is InChI=1S/C16H19N3O2/c1-19(2)14-4-3-5-15(10-14)21-11-16(20)18-13-8-6-12(17)7-9-13/h3-10H,11,17H2,1-2H3,(H,18,20). The third-order valence-corrected chi connectivity index (χ3v) is 2.90. The summed E-state index contributed by atoms with van der Waals surface area (Å²) < 4.78 is 5.49. The van der Waals surface area contributed by atoms with E-state index in [1.807, 2.05) is 43.3 Å². The maximum Gasteiger partial charge on any atom is 0.262 e. The van der Waals surface area contributed by atoms with Crippen molar-refractivity contribution in [3.63, 3.8) is 0 Å². The van der Waals surface area contributed by atoms with Gasteiger partial charge in [-0.3, -0.25) is 4.79 Å². The zero-order valence-corrected chi connectivity index (χ0v) is 12.2. The van der Waals surface area contributed by atoms with E-state index >= 15 is 0 Å². The first-order chi connectivity index (χ1) is 10.0. The number of ether oxygens (including phenoxy) is 1. The Morgan fingerprint density at radius 1 is 1.19 bits per heavy atom. The van der Waals surface area contributed by atoms with Crippen LogP contribution in [0, 0.1) is 0 Å². The molecule has 0 aromatic heterocycles. The van der Waals surface area contributed by atoms with Gasteiger partial charge in [0.1, 0.15) is 5.75 Å².